The zero-order valence-electron chi connectivity index (χ0n) is 20.2. The minimum absolute atomic E-state index is 0.00616. The summed E-state index contributed by atoms with van der Waals surface area (Å²) in [5.74, 6) is -0.980. The first-order valence-electron chi connectivity index (χ1n) is 11.2. The zero-order valence-corrected chi connectivity index (χ0v) is 23.3. The average molecular weight is 583 g/mol. The number of anilines is 1. The average Bonchev–Trinajstić information content (AvgIpc) is 2.86. The van der Waals surface area contributed by atoms with Gasteiger partial charge in [-0.15, -0.1) is 0 Å². The molecule has 1 atom stereocenters. The summed E-state index contributed by atoms with van der Waals surface area (Å²) < 4.78 is 26.4. The van der Waals surface area contributed by atoms with Crippen molar-refractivity contribution in [2.24, 2.45) is 0 Å². The van der Waals surface area contributed by atoms with Crippen LogP contribution in [-0.2, 0) is 32.6 Å². The first-order chi connectivity index (χ1) is 17.5. The second-order valence-electron chi connectivity index (χ2n) is 8.34. The predicted octanol–water partition coefficient (Wildman–Crippen LogP) is 4.80. The molecule has 37 heavy (non-hydrogen) atoms. The maximum Gasteiger partial charge on any atom is 0.244 e. The molecule has 11 heteroatoms. The molecule has 3 aromatic rings. The van der Waals surface area contributed by atoms with E-state index < -0.39 is 34.4 Å². The summed E-state index contributed by atoms with van der Waals surface area (Å²) in [7, 11) is -2.39. The fourth-order valence-electron chi connectivity index (χ4n) is 3.80. The molecule has 1 N–H and O–H groups in total. The number of sulfonamides is 1. The van der Waals surface area contributed by atoms with Gasteiger partial charge in [-0.25, -0.2) is 8.42 Å². The van der Waals surface area contributed by atoms with Gasteiger partial charge in [0.1, 0.15) is 12.6 Å². The molecule has 196 valence electrons. The molecule has 3 aromatic carbocycles. The molecular formula is C26H26Cl3N3O4S. The molecule has 0 unspecified atom stereocenters. The number of hydrogen-bond acceptors (Lipinski definition) is 4. The molecule has 0 aromatic heterocycles. The van der Waals surface area contributed by atoms with Crippen molar-refractivity contribution in [1.29, 1.82) is 0 Å². The smallest absolute Gasteiger partial charge is 0.244 e. The van der Waals surface area contributed by atoms with E-state index in [1.165, 1.54) is 18.0 Å². The Kier molecular flexibility index (Phi) is 9.84. The minimum atomic E-state index is -3.87. The number of carbonyl (C=O) groups is 2. The van der Waals surface area contributed by atoms with Crippen molar-refractivity contribution in [3.8, 4) is 0 Å². The van der Waals surface area contributed by atoms with E-state index in [1.807, 2.05) is 30.3 Å². The first kappa shape index (κ1) is 28.8. The number of likely N-dealkylation sites (N-methyl/N-ethyl adjacent to an activating group) is 1. The molecule has 0 bridgehead atoms. The molecule has 3 rings (SSSR count). The summed E-state index contributed by atoms with van der Waals surface area (Å²) in [6.07, 6.45) is 1.22. The fourth-order valence-corrected chi connectivity index (χ4v) is 5.15. The van der Waals surface area contributed by atoms with Crippen molar-refractivity contribution in [3.63, 3.8) is 0 Å². The quantitative estimate of drug-likeness (QED) is 0.372. The number of hydrogen-bond donors (Lipinski definition) is 1. The summed E-state index contributed by atoms with van der Waals surface area (Å²) in [4.78, 5) is 28.2. The van der Waals surface area contributed by atoms with E-state index in [9.17, 15) is 18.0 Å². The monoisotopic (exact) mass is 581 g/mol. The van der Waals surface area contributed by atoms with Crippen molar-refractivity contribution in [3.05, 3.63) is 99.0 Å². The highest BCUT2D eigenvalue weighted by atomic mass is 35.5. The maximum atomic E-state index is 13.8. The van der Waals surface area contributed by atoms with Gasteiger partial charge in [-0.3, -0.25) is 13.9 Å². The summed E-state index contributed by atoms with van der Waals surface area (Å²) in [5, 5.41) is 3.58. The van der Waals surface area contributed by atoms with Gasteiger partial charge in [0, 0.05) is 25.0 Å². The van der Waals surface area contributed by atoms with Gasteiger partial charge in [-0.1, -0.05) is 77.3 Å². The molecule has 0 spiro atoms. The lowest BCUT2D eigenvalue weighted by Crippen LogP contribution is -2.52. The van der Waals surface area contributed by atoms with Crippen molar-refractivity contribution < 1.29 is 18.0 Å². The Morgan fingerprint density at radius 3 is 2.19 bits per heavy atom. The molecule has 0 saturated heterocycles. The highest BCUT2D eigenvalue weighted by Gasteiger charge is 2.32. The van der Waals surface area contributed by atoms with E-state index in [-0.39, 0.29) is 18.7 Å². The Hall–Kier alpha value is -2.78. The topological polar surface area (TPSA) is 86.8 Å². The second kappa shape index (κ2) is 12.6. The van der Waals surface area contributed by atoms with Crippen LogP contribution in [-0.4, -0.2) is 51.0 Å². The van der Waals surface area contributed by atoms with Gasteiger partial charge < -0.3 is 10.2 Å². The summed E-state index contributed by atoms with van der Waals surface area (Å²) >= 11 is 18.3. The van der Waals surface area contributed by atoms with Crippen LogP contribution < -0.4 is 9.62 Å². The second-order valence-corrected chi connectivity index (χ2v) is 11.5. The van der Waals surface area contributed by atoms with Crippen LogP contribution in [0.1, 0.15) is 11.1 Å². The molecule has 0 fully saturated rings. The van der Waals surface area contributed by atoms with Gasteiger partial charge in [0.25, 0.3) is 0 Å². The van der Waals surface area contributed by atoms with Gasteiger partial charge in [0.2, 0.25) is 21.8 Å². The van der Waals surface area contributed by atoms with Crippen molar-refractivity contribution in [2.75, 3.05) is 24.2 Å². The van der Waals surface area contributed by atoms with Gasteiger partial charge in [-0.05, 0) is 41.5 Å². The van der Waals surface area contributed by atoms with E-state index >= 15 is 0 Å². The molecule has 0 saturated carbocycles. The molecule has 0 heterocycles. The Morgan fingerprint density at radius 1 is 0.892 bits per heavy atom. The van der Waals surface area contributed by atoms with Crippen molar-refractivity contribution in [2.45, 2.75) is 19.0 Å². The Morgan fingerprint density at radius 2 is 1.59 bits per heavy atom. The normalized spacial score (nSPS) is 12.0. The van der Waals surface area contributed by atoms with E-state index in [4.69, 9.17) is 34.8 Å². The van der Waals surface area contributed by atoms with Crippen LogP contribution in [0, 0.1) is 0 Å². The van der Waals surface area contributed by atoms with Crippen LogP contribution in [0.4, 0.5) is 5.69 Å². The standard InChI is InChI=1S/C26H26Cl3N3O4S/c1-30-26(34)24(14-18-7-4-3-5-8-18)31(16-19-11-12-22(28)23(29)13-19)25(33)17-32(37(2,35)36)21-10-6-9-20(27)15-21/h3-13,15,24H,14,16-17H2,1-2H3,(H,30,34)/t24-/m1/s1. The van der Waals surface area contributed by atoms with E-state index in [2.05, 4.69) is 5.32 Å². The number of amides is 2. The van der Waals surface area contributed by atoms with Crippen LogP contribution in [0.15, 0.2) is 72.8 Å². The van der Waals surface area contributed by atoms with E-state index in [1.54, 1.807) is 36.4 Å². The zero-order chi connectivity index (χ0) is 27.2. The predicted molar refractivity (Wildman–Crippen MR) is 149 cm³/mol. The van der Waals surface area contributed by atoms with E-state index in [0.29, 0.717) is 20.6 Å². The van der Waals surface area contributed by atoms with Crippen LogP contribution in [0.5, 0.6) is 0 Å². The van der Waals surface area contributed by atoms with Gasteiger partial charge in [0.05, 0.1) is 22.0 Å². The third kappa shape index (κ3) is 7.85. The molecule has 7 nitrogen and oxygen atoms in total. The summed E-state index contributed by atoms with van der Waals surface area (Å²) in [6.45, 7) is -0.545. The highest BCUT2D eigenvalue weighted by molar-refractivity contribution is 7.92. The fraction of sp³-hybridized carbons (Fsp3) is 0.231. The van der Waals surface area contributed by atoms with Gasteiger partial charge >= 0.3 is 0 Å². The molecular weight excluding hydrogens is 557 g/mol. The van der Waals surface area contributed by atoms with Crippen LogP contribution in [0.3, 0.4) is 0 Å². The third-order valence-electron chi connectivity index (χ3n) is 5.63. The first-order valence-corrected chi connectivity index (χ1v) is 14.2. The Balaban J connectivity index is 2.04. The van der Waals surface area contributed by atoms with Crippen LogP contribution in [0.25, 0.3) is 0 Å². The lowest BCUT2D eigenvalue weighted by Gasteiger charge is -2.33. The largest absolute Gasteiger partial charge is 0.357 e. The maximum absolute atomic E-state index is 13.8. The number of nitrogens with zero attached hydrogens (tertiary/aromatic N) is 2. The van der Waals surface area contributed by atoms with Crippen molar-refractivity contribution >= 4 is 62.3 Å². The number of halogens is 3. The molecule has 0 radical (unpaired) electrons. The van der Waals surface area contributed by atoms with Crippen molar-refractivity contribution in [1.82, 2.24) is 10.2 Å². The molecule has 0 aliphatic carbocycles. The summed E-state index contributed by atoms with van der Waals surface area (Å²) in [6, 6.07) is 19.4. The Labute approximate surface area is 232 Å². The lowest BCUT2D eigenvalue weighted by atomic mass is 10.0. The van der Waals surface area contributed by atoms with Crippen LogP contribution >= 0.6 is 34.8 Å². The molecule has 0 aliphatic rings. The minimum Gasteiger partial charge on any atom is -0.357 e. The highest BCUT2D eigenvalue weighted by Crippen LogP contribution is 2.26. The third-order valence-corrected chi connectivity index (χ3v) is 7.74. The van der Waals surface area contributed by atoms with E-state index in [0.717, 1.165) is 16.1 Å². The number of carbonyl (C=O) groups excluding carboxylic acids is 2. The molecule has 0 aliphatic heterocycles. The number of benzene rings is 3. The number of nitrogens with one attached hydrogen (secondary N) is 1. The Bertz CT molecular complexity index is 1370. The van der Waals surface area contributed by atoms with Gasteiger partial charge in [-0.2, -0.15) is 0 Å². The summed E-state index contributed by atoms with van der Waals surface area (Å²) in [5.41, 5.74) is 1.69. The van der Waals surface area contributed by atoms with Gasteiger partial charge in [0.15, 0.2) is 0 Å². The molecule has 2 amide bonds. The van der Waals surface area contributed by atoms with Crippen LogP contribution in [0.2, 0.25) is 15.1 Å². The number of rotatable bonds is 10. The SMILES string of the molecule is CNC(=O)[C@@H](Cc1ccccc1)N(Cc1ccc(Cl)c(Cl)c1)C(=O)CN(c1cccc(Cl)c1)S(C)(=O)=O. The lowest BCUT2D eigenvalue weighted by molar-refractivity contribution is -0.139.